The third-order valence-electron chi connectivity index (χ3n) is 4.96. The number of amides is 1. The van der Waals surface area contributed by atoms with Gasteiger partial charge in [0.05, 0.1) is 30.5 Å². The Morgan fingerprint density at radius 1 is 1.31 bits per heavy atom. The second-order valence-corrected chi connectivity index (χ2v) is 6.89. The first kappa shape index (κ1) is 18.9. The first-order valence-electron chi connectivity index (χ1n) is 9.41. The van der Waals surface area contributed by atoms with Crippen LogP contribution in [0.3, 0.4) is 0 Å². The van der Waals surface area contributed by atoms with Crippen molar-refractivity contribution in [3.8, 4) is 23.2 Å². The number of rotatable bonds is 5. The maximum atomic E-state index is 12.2. The largest absolute Gasteiger partial charge is 0.494 e. The monoisotopic (exact) mass is 391 g/mol. The number of morpholine rings is 1. The molecule has 148 valence electrons. The van der Waals surface area contributed by atoms with Crippen LogP contribution in [0.2, 0.25) is 0 Å². The van der Waals surface area contributed by atoms with Gasteiger partial charge in [0.1, 0.15) is 6.54 Å². The van der Waals surface area contributed by atoms with Crippen LogP contribution >= 0.6 is 0 Å². The zero-order valence-corrected chi connectivity index (χ0v) is 15.8. The van der Waals surface area contributed by atoms with Crippen molar-refractivity contribution in [2.45, 2.75) is 6.54 Å². The summed E-state index contributed by atoms with van der Waals surface area (Å²) in [5.74, 6) is -0.336. The van der Waals surface area contributed by atoms with Crippen LogP contribution in [0.1, 0.15) is 15.9 Å². The molecule has 3 N–H and O–H groups in total. The van der Waals surface area contributed by atoms with E-state index < -0.39 is 0 Å². The minimum atomic E-state index is -0.339. The summed E-state index contributed by atoms with van der Waals surface area (Å²) < 4.78 is 5.37. The highest BCUT2D eigenvalue weighted by Crippen LogP contribution is 2.36. The van der Waals surface area contributed by atoms with Crippen molar-refractivity contribution < 1.29 is 14.6 Å². The van der Waals surface area contributed by atoms with Crippen LogP contribution in [0, 0.1) is 11.3 Å². The van der Waals surface area contributed by atoms with Gasteiger partial charge in [0, 0.05) is 42.3 Å². The highest BCUT2D eigenvalue weighted by atomic mass is 16.5. The van der Waals surface area contributed by atoms with E-state index in [4.69, 9.17) is 10.00 Å². The Hall–Kier alpha value is -3.41. The smallest absolute Gasteiger partial charge is 0.252 e. The van der Waals surface area contributed by atoms with Gasteiger partial charge in [-0.2, -0.15) is 5.26 Å². The minimum absolute atomic E-state index is 0.00279. The molecule has 3 aromatic rings. The summed E-state index contributed by atoms with van der Waals surface area (Å²) in [6.07, 6.45) is 1.81. The number of H-pyrrole nitrogens is 1. The summed E-state index contributed by atoms with van der Waals surface area (Å²) in [6, 6.07) is 10.8. The van der Waals surface area contributed by atoms with E-state index in [1.165, 1.54) is 0 Å². The van der Waals surface area contributed by atoms with Gasteiger partial charge in [-0.3, -0.25) is 14.7 Å². The summed E-state index contributed by atoms with van der Waals surface area (Å²) in [6.45, 7) is 4.05. The van der Waals surface area contributed by atoms with Gasteiger partial charge in [0.2, 0.25) is 0 Å². The van der Waals surface area contributed by atoms with Crippen LogP contribution in [-0.2, 0) is 11.3 Å². The van der Waals surface area contributed by atoms with E-state index in [1.807, 2.05) is 24.4 Å². The lowest BCUT2D eigenvalue weighted by atomic mass is 10.1. The number of pyridine rings is 1. The van der Waals surface area contributed by atoms with E-state index in [2.05, 4.69) is 20.2 Å². The van der Waals surface area contributed by atoms with Crippen molar-refractivity contribution in [3.05, 3.63) is 47.7 Å². The summed E-state index contributed by atoms with van der Waals surface area (Å²) >= 11 is 0. The van der Waals surface area contributed by atoms with Crippen LogP contribution < -0.4 is 5.32 Å². The summed E-state index contributed by atoms with van der Waals surface area (Å²) in [7, 11) is 0. The van der Waals surface area contributed by atoms with E-state index in [0.29, 0.717) is 27.7 Å². The van der Waals surface area contributed by atoms with Gasteiger partial charge in [0.25, 0.3) is 5.91 Å². The van der Waals surface area contributed by atoms with E-state index >= 15 is 0 Å². The predicted octanol–water partition coefficient (Wildman–Crippen LogP) is 2.02. The molecule has 1 aromatic carbocycles. The zero-order valence-electron chi connectivity index (χ0n) is 15.8. The fourth-order valence-corrected chi connectivity index (χ4v) is 3.48. The summed E-state index contributed by atoms with van der Waals surface area (Å²) in [4.78, 5) is 22.0. The molecule has 8 nitrogen and oxygen atoms in total. The van der Waals surface area contributed by atoms with Crippen LogP contribution in [0.15, 0.2) is 36.5 Å². The van der Waals surface area contributed by atoms with Gasteiger partial charge in [-0.05, 0) is 29.8 Å². The number of hydrogen-bond acceptors (Lipinski definition) is 6. The number of aromatic amines is 1. The summed E-state index contributed by atoms with van der Waals surface area (Å²) in [5.41, 5.74) is 3.37. The van der Waals surface area contributed by atoms with E-state index in [9.17, 15) is 9.90 Å². The lowest BCUT2D eigenvalue weighted by Gasteiger charge is -2.26. The number of fused-ring (bicyclic) bond motifs is 1. The molecule has 1 amide bonds. The molecule has 0 spiro atoms. The maximum absolute atomic E-state index is 12.2. The lowest BCUT2D eigenvalue weighted by Crippen LogP contribution is -2.35. The predicted molar refractivity (Wildman–Crippen MR) is 107 cm³/mol. The average Bonchev–Trinajstić information content (AvgIpc) is 3.08. The minimum Gasteiger partial charge on any atom is -0.494 e. The number of nitriles is 1. The molecular formula is C21H21N5O3. The van der Waals surface area contributed by atoms with Crippen molar-refractivity contribution in [2.24, 2.45) is 0 Å². The molecule has 4 rings (SSSR count). The van der Waals surface area contributed by atoms with Crippen molar-refractivity contribution >= 4 is 16.8 Å². The molecule has 1 saturated heterocycles. The normalized spacial score (nSPS) is 14.6. The number of benzene rings is 1. The van der Waals surface area contributed by atoms with Gasteiger partial charge in [-0.15, -0.1) is 0 Å². The third kappa shape index (κ3) is 4.06. The number of nitrogens with zero attached hydrogens (tertiary/aromatic N) is 3. The van der Waals surface area contributed by atoms with Crippen LogP contribution in [0.25, 0.3) is 22.2 Å². The molecule has 0 aliphatic carbocycles. The van der Waals surface area contributed by atoms with E-state index in [1.54, 1.807) is 18.2 Å². The molecule has 0 saturated carbocycles. The Labute approximate surface area is 167 Å². The SMILES string of the molecule is N#CCNC(=O)c1ccc2[nH]c(O)c(-c3ccc(CN4CCOCC4)cn3)c2c1. The van der Waals surface area contributed by atoms with Crippen LogP contribution in [0.4, 0.5) is 0 Å². The van der Waals surface area contributed by atoms with Crippen molar-refractivity contribution in [3.63, 3.8) is 0 Å². The number of aromatic nitrogens is 2. The number of nitrogens with one attached hydrogen (secondary N) is 2. The zero-order chi connectivity index (χ0) is 20.2. The van der Waals surface area contributed by atoms with Crippen LogP contribution in [0.5, 0.6) is 5.88 Å². The molecule has 29 heavy (non-hydrogen) atoms. The van der Waals surface area contributed by atoms with E-state index in [0.717, 1.165) is 38.4 Å². The van der Waals surface area contributed by atoms with Crippen molar-refractivity contribution in [2.75, 3.05) is 32.8 Å². The standard InChI is InChI=1S/C21H21N5O3/c22-5-6-23-20(27)15-2-4-17-16(11-15)19(21(28)25-17)18-3-1-14(12-24-18)13-26-7-9-29-10-8-26/h1-4,11-12,25,28H,6-10,13H2,(H,23,27). The van der Waals surface area contributed by atoms with Gasteiger partial charge in [0.15, 0.2) is 5.88 Å². The molecule has 8 heteroatoms. The Kier molecular flexibility index (Phi) is 5.42. The number of carbonyl (C=O) groups is 1. The lowest BCUT2D eigenvalue weighted by molar-refractivity contribution is 0.0341. The van der Waals surface area contributed by atoms with Gasteiger partial charge in [-0.1, -0.05) is 6.07 Å². The van der Waals surface area contributed by atoms with Gasteiger partial charge in [-0.25, -0.2) is 0 Å². The fraction of sp³-hybridized carbons (Fsp3) is 0.286. The molecule has 3 heterocycles. The molecule has 0 unspecified atom stereocenters. The number of hydrogen-bond donors (Lipinski definition) is 3. The molecule has 1 fully saturated rings. The third-order valence-corrected chi connectivity index (χ3v) is 4.96. The summed E-state index contributed by atoms with van der Waals surface area (Å²) in [5, 5.41) is 22.3. The van der Waals surface area contributed by atoms with Crippen LogP contribution in [-0.4, -0.2) is 58.7 Å². The Morgan fingerprint density at radius 2 is 2.14 bits per heavy atom. The molecule has 0 radical (unpaired) electrons. The Bertz CT molecular complexity index is 1060. The molecule has 0 atom stereocenters. The topological polar surface area (TPSA) is 114 Å². The highest BCUT2D eigenvalue weighted by molar-refractivity contribution is 6.03. The number of ether oxygens (including phenoxy) is 1. The first-order valence-corrected chi connectivity index (χ1v) is 9.41. The van der Waals surface area contributed by atoms with Gasteiger partial charge < -0.3 is 20.1 Å². The second kappa shape index (κ2) is 8.31. The van der Waals surface area contributed by atoms with E-state index in [-0.39, 0.29) is 18.3 Å². The second-order valence-electron chi connectivity index (χ2n) is 6.89. The Balaban J connectivity index is 1.61. The maximum Gasteiger partial charge on any atom is 0.252 e. The first-order chi connectivity index (χ1) is 14.2. The fourth-order valence-electron chi connectivity index (χ4n) is 3.48. The molecule has 2 aromatic heterocycles. The molecule has 0 bridgehead atoms. The molecule has 1 aliphatic heterocycles. The molecular weight excluding hydrogens is 370 g/mol. The molecule has 1 aliphatic rings. The number of aromatic hydroxyl groups is 1. The average molecular weight is 391 g/mol. The van der Waals surface area contributed by atoms with Crippen molar-refractivity contribution in [1.29, 1.82) is 5.26 Å². The van der Waals surface area contributed by atoms with Crippen molar-refractivity contribution in [1.82, 2.24) is 20.2 Å². The Morgan fingerprint density at radius 3 is 2.86 bits per heavy atom. The highest BCUT2D eigenvalue weighted by Gasteiger charge is 2.17. The van der Waals surface area contributed by atoms with Gasteiger partial charge >= 0.3 is 0 Å². The number of carbonyl (C=O) groups excluding carboxylic acids is 1. The quantitative estimate of drug-likeness (QED) is 0.574.